The van der Waals surface area contributed by atoms with Gasteiger partial charge in [0.05, 0.1) is 24.0 Å². The van der Waals surface area contributed by atoms with Crippen molar-refractivity contribution in [3.63, 3.8) is 0 Å². The summed E-state index contributed by atoms with van der Waals surface area (Å²) in [7, 11) is 2.19. The summed E-state index contributed by atoms with van der Waals surface area (Å²) >= 11 is 0. The van der Waals surface area contributed by atoms with E-state index in [1.807, 2.05) is 6.21 Å². The van der Waals surface area contributed by atoms with Gasteiger partial charge in [-0.15, -0.1) is 0 Å². The molecular formula is C17H15N3. The van der Waals surface area contributed by atoms with E-state index in [4.69, 9.17) is 4.99 Å². The van der Waals surface area contributed by atoms with Crippen LogP contribution in [0.1, 0.15) is 23.6 Å². The van der Waals surface area contributed by atoms with Gasteiger partial charge in [0.25, 0.3) is 0 Å². The van der Waals surface area contributed by atoms with Crippen LogP contribution in [0.2, 0.25) is 0 Å². The highest BCUT2D eigenvalue weighted by atomic mass is 15.6. The first-order chi connectivity index (χ1) is 9.84. The average Bonchev–Trinajstić information content (AvgIpc) is 2.50. The molecule has 0 spiro atoms. The summed E-state index contributed by atoms with van der Waals surface area (Å²) < 4.78 is 0. The monoisotopic (exact) mass is 261 g/mol. The number of nitrogens with zero attached hydrogens (tertiary/aromatic N) is 3. The number of likely N-dealkylation sites (N-methyl/N-ethyl adjacent to an activating group) is 1. The maximum absolute atomic E-state index is 4.70. The van der Waals surface area contributed by atoms with Crippen molar-refractivity contribution >= 4 is 12.3 Å². The standard InChI is InChI=1S/C17H15N3/c1-19-17-13-6-3-2-5-11(13)9-12-10-20(19)14-7-4-8-18-16(14)15(12)17/h2-3,5-9,17H,4,10H2,1H3. The summed E-state index contributed by atoms with van der Waals surface area (Å²) in [5.74, 6) is 0. The van der Waals surface area contributed by atoms with Gasteiger partial charge in [0.15, 0.2) is 0 Å². The first-order valence-corrected chi connectivity index (χ1v) is 7.12. The molecule has 1 aromatic rings. The fourth-order valence-electron chi connectivity index (χ4n) is 3.86. The summed E-state index contributed by atoms with van der Waals surface area (Å²) in [5.41, 5.74) is 8.07. The van der Waals surface area contributed by atoms with Gasteiger partial charge < -0.3 is 0 Å². The number of hydrogen-bond acceptors (Lipinski definition) is 3. The molecule has 3 nitrogen and oxygen atoms in total. The SMILES string of the molecule is CN1C2C3=C4N=CCC=C4N1CC3=Cc1ccccc12. The number of aliphatic imine (C=N–C) groups is 1. The number of benzene rings is 1. The molecule has 1 atom stereocenters. The molecule has 0 radical (unpaired) electrons. The van der Waals surface area contributed by atoms with E-state index in [1.165, 1.54) is 33.7 Å². The van der Waals surface area contributed by atoms with Crippen molar-refractivity contribution in [3.05, 3.63) is 64.0 Å². The molecule has 1 aliphatic carbocycles. The number of allylic oxidation sites excluding steroid dienone is 1. The highest BCUT2D eigenvalue weighted by Gasteiger charge is 2.45. The van der Waals surface area contributed by atoms with E-state index in [9.17, 15) is 0 Å². The zero-order chi connectivity index (χ0) is 13.3. The van der Waals surface area contributed by atoms with Gasteiger partial charge in [-0.3, -0.25) is 10.0 Å². The van der Waals surface area contributed by atoms with Crippen LogP contribution in [0.4, 0.5) is 0 Å². The van der Waals surface area contributed by atoms with E-state index in [-0.39, 0.29) is 0 Å². The van der Waals surface area contributed by atoms with Gasteiger partial charge in [-0.2, -0.15) is 0 Å². The van der Waals surface area contributed by atoms with Crippen LogP contribution in [0.5, 0.6) is 0 Å². The van der Waals surface area contributed by atoms with Crippen LogP contribution in [0, 0.1) is 0 Å². The van der Waals surface area contributed by atoms with Crippen LogP contribution in [0.3, 0.4) is 0 Å². The minimum Gasteiger partial charge on any atom is -0.299 e. The maximum atomic E-state index is 4.70. The third kappa shape index (κ3) is 1.12. The van der Waals surface area contributed by atoms with E-state index in [1.54, 1.807) is 0 Å². The van der Waals surface area contributed by atoms with E-state index in [2.05, 4.69) is 53.5 Å². The molecule has 4 bridgehead atoms. The Hall–Kier alpha value is -2.13. The van der Waals surface area contributed by atoms with Crippen molar-refractivity contribution in [1.29, 1.82) is 0 Å². The van der Waals surface area contributed by atoms with E-state index >= 15 is 0 Å². The number of rotatable bonds is 0. The summed E-state index contributed by atoms with van der Waals surface area (Å²) in [5, 5.41) is 4.76. The van der Waals surface area contributed by atoms with Crippen LogP contribution >= 0.6 is 0 Å². The van der Waals surface area contributed by atoms with Gasteiger partial charge in [0.1, 0.15) is 0 Å². The van der Waals surface area contributed by atoms with Gasteiger partial charge in [-0.05, 0) is 22.8 Å². The lowest BCUT2D eigenvalue weighted by Crippen LogP contribution is -2.53. The molecule has 0 N–H and O–H groups in total. The van der Waals surface area contributed by atoms with Crippen molar-refractivity contribution in [2.75, 3.05) is 13.6 Å². The molecule has 0 amide bonds. The smallest absolute Gasteiger partial charge is 0.0925 e. The van der Waals surface area contributed by atoms with E-state index in [0.717, 1.165) is 13.0 Å². The molecule has 20 heavy (non-hydrogen) atoms. The number of fused-ring (bicyclic) bond motifs is 1. The lowest BCUT2D eigenvalue weighted by Gasteiger charge is -2.53. The Bertz CT molecular complexity index is 751. The van der Waals surface area contributed by atoms with Gasteiger partial charge in [0.2, 0.25) is 0 Å². The van der Waals surface area contributed by atoms with E-state index in [0.29, 0.717) is 6.04 Å². The molecular weight excluding hydrogens is 246 g/mol. The second kappa shape index (κ2) is 3.49. The van der Waals surface area contributed by atoms with Gasteiger partial charge >= 0.3 is 0 Å². The fourth-order valence-corrected chi connectivity index (χ4v) is 3.86. The summed E-state index contributed by atoms with van der Waals surface area (Å²) in [6.45, 7) is 0.974. The Morgan fingerprint density at radius 2 is 2.15 bits per heavy atom. The number of hydrogen-bond donors (Lipinski definition) is 0. The zero-order valence-electron chi connectivity index (χ0n) is 11.4. The largest absolute Gasteiger partial charge is 0.299 e. The second-order valence-corrected chi connectivity index (χ2v) is 5.73. The predicted octanol–water partition coefficient (Wildman–Crippen LogP) is 2.91. The third-order valence-corrected chi connectivity index (χ3v) is 4.73. The highest BCUT2D eigenvalue weighted by molar-refractivity contribution is 5.76. The van der Waals surface area contributed by atoms with Crippen molar-refractivity contribution in [2.45, 2.75) is 12.5 Å². The molecule has 6 rings (SSSR count). The Labute approximate surface area is 118 Å². The third-order valence-electron chi connectivity index (χ3n) is 4.73. The lowest BCUT2D eigenvalue weighted by atomic mass is 9.77. The van der Waals surface area contributed by atoms with Crippen LogP contribution < -0.4 is 0 Å². The van der Waals surface area contributed by atoms with Crippen molar-refractivity contribution in [2.24, 2.45) is 4.99 Å². The number of dihydropyridines is 1. The summed E-state index contributed by atoms with van der Waals surface area (Å²) in [4.78, 5) is 4.70. The maximum Gasteiger partial charge on any atom is 0.0925 e. The van der Waals surface area contributed by atoms with Crippen LogP contribution in [-0.2, 0) is 0 Å². The molecule has 0 saturated carbocycles. The molecule has 4 aliphatic heterocycles. The molecule has 1 unspecified atom stereocenters. The Morgan fingerprint density at radius 1 is 1.25 bits per heavy atom. The molecule has 1 fully saturated rings. The topological polar surface area (TPSA) is 18.8 Å². The molecule has 5 aliphatic rings. The van der Waals surface area contributed by atoms with E-state index < -0.39 is 0 Å². The summed E-state index contributed by atoms with van der Waals surface area (Å²) in [6, 6.07) is 9.04. The average molecular weight is 261 g/mol. The second-order valence-electron chi connectivity index (χ2n) is 5.73. The quantitative estimate of drug-likeness (QED) is 0.715. The zero-order valence-corrected chi connectivity index (χ0v) is 11.4. The van der Waals surface area contributed by atoms with Crippen LogP contribution in [0.25, 0.3) is 6.08 Å². The van der Waals surface area contributed by atoms with Gasteiger partial charge in [0, 0.05) is 25.3 Å². The lowest BCUT2D eigenvalue weighted by molar-refractivity contribution is -0.0101. The minimum absolute atomic E-state index is 0.322. The molecule has 98 valence electrons. The van der Waals surface area contributed by atoms with Gasteiger partial charge in [-0.1, -0.05) is 30.3 Å². The van der Waals surface area contributed by atoms with Crippen LogP contribution in [0.15, 0.2) is 57.9 Å². The normalized spacial score (nSPS) is 26.2. The van der Waals surface area contributed by atoms with Crippen molar-refractivity contribution < 1.29 is 0 Å². The molecule has 0 aromatic heterocycles. The Morgan fingerprint density at radius 3 is 3.10 bits per heavy atom. The first-order valence-electron chi connectivity index (χ1n) is 7.12. The predicted molar refractivity (Wildman–Crippen MR) is 79.8 cm³/mol. The number of hydrazine groups is 1. The Kier molecular flexibility index (Phi) is 1.86. The first kappa shape index (κ1) is 10.6. The Balaban J connectivity index is 1.86. The molecule has 1 saturated heterocycles. The highest BCUT2D eigenvalue weighted by Crippen LogP contribution is 2.52. The molecule has 3 heteroatoms. The van der Waals surface area contributed by atoms with Crippen molar-refractivity contribution in [3.8, 4) is 0 Å². The van der Waals surface area contributed by atoms with Crippen LogP contribution in [-0.4, -0.2) is 29.8 Å². The molecule has 1 aromatic carbocycles. The fraction of sp³-hybridized carbons (Fsp3) is 0.235. The minimum atomic E-state index is 0.322. The summed E-state index contributed by atoms with van der Waals surface area (Å²) in [6.07, 6.45) is 7.60. The van der Waals surface area contributed by atoms with Crippen molar-refractivity contribution in [1.82, 2.24) is 10.0 Å². The molecule has 4 heterocycles. The van der Waals surface area contributed by atoms with Gasteiger partial charge in [-0.25, -0.2) is 5.01 Å².